The zero-order chi connectivity index (χ0) is 14.5. The van der Waals surface area contributed by atoms with Crippen LogP contribution in [0.15, 0.2) is 18.2 Å². The molecule has 3 N–H and O–H groups in total. The minimum Gasteiger partial charge on any atom is -0.496 e. The smallest absolute Gasteiger partial charge is 0.224 e. The van der Waals surface area contributed by atoms with Crippen LogP contribution in [0, 0.1) is 5.92 Å². The van der Waals surface area contributed by atoms with Crippen molar-refractivity contribution in [3.63, 3.8) is 0 Å². The Labute approximate surface area is 131 Å². The molecule has 0 saturated heterocycles. The highest BCUT2D eigenvalue weighted by atomic mass is 35.5. The topological polar surface area (TPSA) is 73.6 Å². The molecule has 1 atom stereocenters. The Morgan fingerprint density at radius 1 is 1.33 bits per heavy atom. The van der Waals surface area contributed by atoms with Crippen LogP contribution < -0.4 is 20.5 Å². The fraction of sp³-hybridized carbons (Fsp3) is 0.533. The summed E-state index contributed by atoms with van der Waals surface area (Å²) in [6, 6.07) is 5.58. The van der Waals surface area contributed by atoms with Crippen LogP contribution in [0.1, 0.15) is 18.4 Å². The van der Waals surface area contributed by atoms with Crippen LogP contribution >= 0.6 is 12.4 Å². The second kappa shape index (κ2) is 8.10. The van der Waals surface area contributed by atoms with Gasteiger partial charge in [0.15, 0.2) is 0 Å². The first-order valence-corrected chi connectivity index (χ1v) is 6.88. The molecule has 0 bridgehead atoms. The number of rotatable bonds is 7. The van der Waals surface area contributed by atoms with Crippen molar-refractivity contribution < 1.29 is 14.3 Å². The van der Waals surface area contributed by atoms with Crippen LogP contribution in [-0.2, 0) is 11.2 Å². The van der Waals surface area contributed by atoms with Crippen LogP contribution in [0.5, 0.6) is 11.5 Å². The first-order chi connectivity index (χ1) is 9.69. The molecular formula is C15H23ClN2O3. The third kappa shape index (κ3) is 4.51. The molecule has 2 rings (SSSR count). The third-order valence-electron chi connectivity index (χ3n) is 3.66. The number of ether oxygens (including phenoxy) is 2. The van der Waals surface area contributed by atoms with Gasteiger partial charge in [-0.3, -0.25) is 4.79 Å². The molecule has 1 aromatic rings. The van der Waals surface area contributed by atoms with Crippen LogP contribution in [0.2, 0.25) is 0 Å². The van der Waals surface area contributed by atoms with Crippen LogP contribution in [0.3, 0.4) is 0 Å². The molecule has 6 heteroatoms. The van der Waals surface area contributed by atoms with Gasteiger partial charge in [-0.25, -0.2) is 0 Å². The molecule has 1 aliphatic carbocycles. The first kappa shape index (κ1) is 17.6. The number of benzene rings is 1. The monoisotopic (exact) mass is 314 g/mol. The summed E-state index contributed by atoms with van der Waals surface area (Å²) >= 11 is 0. The van der Waals surface area contributed by atoms with Gasteiger partial charge in [-0.05, 0) is 30.9 Å². The average molecular weight is 315 g/mol. The highest BCUT2D eigenvalue weighted by Crippen LogP contribution is 2.32. The Balaban J connectivity index is 0.00000220. The summed E-state index contributed by atoms with van der Waals surface area (Å²) in [5, 5.41) is 3.00. The number of halogens is 1. The molecule has 0 radical (unpaired) electrons. The Bertz CT molecular complexity index is 456. The van der Waals surface area contributed by atoms with E-state index in [4.69, 9.17) is 15.2 Å². The fourth-order valence-corrected chi connectivity index (χ4v) is 2.39. The molecule has 1 amide bonds. The molecule has 1 aromatic carbocycles. The van der Waals surface area contributed by atoms with Gasteiger partial charge in [0.2, 0.25) is 5.91 Å². The molecule has 5 nitrogen and oxygen atoms in total. The number of hydrogen-bond acceptors (Lipinski definition) is 4. The lowest BCUT2D eigenvalue weighted by atomic mass is 10.1. The summed E-state index contributed by atoms with van der Waals surface area (Å²) in [5.41, 5.74) is 6.47. The molecule has 1 aliphatic rings. The maximum absolute atomic E-state index is 12.2. The molecule has 0 heterocycles. The van der Waals surface area contributed by atoms with Crippen molar-refractivity contribution in [2.45, 2.75) is 25.3 Å². The van der Waals surface area contributed by atoms with Crippen LogP contribution in [0.25, 0.3) is 0 Å². The minimum atomic E-state index is -0.0462. The molecule has 21 heavy (non-hydrogen) atoms. The molecule has 1 saturated carbocycles. The first-order valence-electron chi connectivity index (χ1n) is 6.88. The van der Waals surface area contributed by atoms with E-state index in [1.807, 2.05) is 18.2 Å². The van der Waals surface area contributed by atoms with E-state index in [2.05, 4.69) is 5.32 Å². The van der Waals surface area contributed by atoms with Crippen molar-refractivity contribution >= 4 is 18.3 Å². The summed E-state index contributed by atoms with van der Waals surface area (Å²) in [7, 11) is 3.17. The maximum atomic E-state index is 12.2. The van der Waals surface area contributed by atoms with Gasteiger partial charge in [0.1, 0.15) is 11.5 Å². The standard InChI is InChI=1S/C15H22N2O3.ClH/c1-19-13-4-3-5-14(20-2)11(13)8-15(18)17-12(9-16)10-6-7-10;/h3-5,10,12H,6-9,16H2,1-2H3,(H,17,18);1H. The molecule has 1 unspecified atom stereocenters. The second-order valence-corrected chi connectivity index (χ2v) is 5.07. The van der Waals surface area contributed by atoms with E-state index in [0.717, 1.165) is 18.4 Å². The molecule has 0 aromatic heterocycles. The minimum absolute atomic E-state index is 0. The summed E-state index contributed by atoms with van der Waals surface area (Å²) in [6.07, 6.45) is 2.54. The number of methoxy groups -OCH3 is 2. The van der Waals surface area contributed by atoms with Crippen LogP contribution in [0.4, 0.5) is 0 Å². The molecule has 0 spiro atoms. The Morgan fingerprint density at radius 3 is 2.33 bits per heavy atom. The van der Waals surface area contributed by atoms with Gasteiger partial charge < -0.3 is 20.5 Å². The van der Waals surface area contributed by atoms with Crippen molar-refractivity contribution in [1.29, 1.82) is 0 Å². The third-order valence-corrected chi connectivity index (χ3v) is 3.66. The summed E-state index contributed by atoms with van der Waals surface area (Å²) in [5.74, 6) is 1.82. The lowest BCUT2D eigenvalue weighted by Gasteiger charge is -2.17. The number of carbonyl (C=O) groups is 1. The average Bonchev–Trinajstić information content (AvgIpc) is 3.29. The van der Waals surface area contributed by atoms with E-state index in [1.54, 1.807) is 14.2 Å². The molecule has 118 valence electrons. The van der Waals surface area contributed by atoms with Crippen molar-refractivity contribution in [1.82, 2.24) is 5.32 Å². The van der Waals surface area contributed by atoms with E-state index in [1.165, 1.54) is 0 Å². The highest BCUT2D eigenvalue weighted by molar-refractivity contribution is 5.85. The predicted molar refractivity (Wildman–Crippen MR) is 84.2 cm³/mol. The lowest BCUT2D eigenvalue weighted by Crippen LogP contribution is -2.42. The normalized spacial score (nSPS) is 14.8. The van der Waals surface area contributed by atoms with E-state index in [9.17, 15) is 4.79 Å². The lowest BCUT2D eigenvalue weighted by molar-refractivity contribution is -0.121. The van der Waals surface area contributed by atoms with Crippen molar-refractivity contribution in [2.24, 2.45) is 11.7 Å². The Kier molecular flexibility index (Phi) is 6.78. The quantitative estimate of drug-likeness (QED) is 0.800. The van der Waals surface area contributed by atoms with E-state index < -0.39 is 0 Å². The van der Waals surface area contributed by atoms with Crippen molar-refractivity contribution in [3.05, 3.63) is 23.8 Å². The van der Waals surface area contributed by atoms with Gasteiger partial charge in [-0.2, -0.15) is 0 Å². The number of nitrogens with two attached hydrogens (primary N) is 1. The van der Waals surface area contributed by atoms with Gasteiger partial charge in [0.05, 0.1) is 20.6 Å². The van der Waals surface area contributed by atoms with Gasteiger partial charge in [0.25, 0.3) is 0 Å². The van der Waals surface area contributed by atoms with E-state index >= 15 is 0 Å². The number of hydrogen-bond donors (Lipinski definition) is 2. The predicted octanol–water partition coefficient (Wildman–Crippen LogP) is 1.52. The van der Waals surface area contributed by atoms with Gasteiger partial charge in [-0.1, -0.05) is 6.07 Å². The van der Waals surface area contributed by atoms with Crippen LogP contribution in [-0.4, -0.2) is 32.7 Å². The zero-order valence-electron chi connectivity index (χ0n) is 12.4. The molecule has 1 fully saturated rings. The summed E-state index contributed by atoms with van der Waals surface area (Å²) in [6.45, 7) is 0.486. The summed E-state index contributed by atoms with van der Waals surface area (Å²) in [4.78, 5) is 12.2. The van der Waals surface area contributed by atoms with Gasteiger partial charge in [0, 0.05) is 18.2 Å². The number of carbonyl (C=O) groups excluding carboxylic acids is 1. The zero-order valence-corrected chi connectivity index (χ0v) is 13.2. The number of nitrogens with one attached hydrogen (secondary N) is 1. The van der Waals surface area contributed by atoms with E-state index in [-0.39, 0.29) is 30.8 Å². The second-order valence-electron chi connectivity index (χ2n) is 5.07. The van der Waals surface area contributed by atoms with Gasteiger partial charge in [-0.15, -0.1) is 12.4 Å². The van der Waals surface area contributed by atoms with Crippen molar-refractivity contribution in [3.8, 4) is 11.5 Å². The summed E-state index contributed by atoms with van der Waals surface area (Å²) < 4.78 is 10.6. The fourth-order valence-electron chi connectivity index (χ4n) is 2.39. The highest BCUT2D eigenvalue weighted by Gasteiger charge is 2.31. The van der Waals surface area contributed by atoms with Crippen molar-refractivity contribution in [2.75, 3.05) is 20.8 Å². The number of amides is 1. The molecule has 0 aliphatic heterocycles. The largest absolute Gasteiger partial charge is 0.496 e. The SMILES string of the molecule is COc1cccc(OC)c1CC(=O)NC(CN)C1CC1.Cl. The maximum Gasteiger partial charge on any atom is 0.224 e. The Hall–Kier alpha value is -1.46. The molecular weight excluding hydrogens is 292 g/mol. The Morgan fingerprint density at radius 2 is 1.90 bits per heavy atom. The van der Waals surface area contributed by atoms with E-state index in [0.29, 0.717) is 24.0 Å². The van der Waals surface area contributed by atoms with Gasteiger partial charge >= 0.3 is 0 Å².